The number of aryl methyl sites for hydroxylation is 2. The Hall–Kier alpha value is -3.61. The average molecular weight is 437 g/mol. The molecule has 0 aliphatic heterocycles. The number of carbonyl (C=O) groups is 2. The van der Waals surface area contributed by atoms with E-state index < -0.39 is 23.7 Å². The summed E-state index contributed by atoms with van der Waals surface area (Å²) >= 11 is 0. The summed E-state index contributed by atoms with van der Waals surface area (Å²) < 4.78 is 16.2. The predicted molar refractivity (Wildman–Crippen MR) is 121 cm³/mol. The summed E-state index contributed by atoms with van der Waals surface area (Å²) in [5.74, 6) is -0.611. The highest BCUT2D eigenvalue weighted by Crippen LogP contribution is 2.29. The Bertz CT molecular complexity index is 1200. The molecule has 32 heavy (non-hydrogen) atoms. The monoisotopic (exact) mass is 437 g/mol. The van der Waals surface area contributed by atoms with E-state index in [1.807, 2.05) is 37.3 Å². The molecule has 168 valence electrons. The third-order valence-corrected chi connectivity index (χ3v) is 5.44. The van der Waals surface area contributed by atoms with Gasteiger partial charge in [0.15, 0.2) is 0 Å². The average Bonchev–Trinajstić information content (AvgIpc) is 2.77. The van der Waals surface area contributed by atoms with Crippen molar-refractivity contribution in [2.24, 2.45) is 5.92 Å². The Kier molecular flexibility index (Phi) is 6.98. The summed E-state index contributed by atoms with van der Waals surface area (Å²) in [4.78, 5) is 37.2. The predicted octanol–water partition coefficient (Wildman–Crippen LogP) is 4.57. The van der Waals surface area contributed by atoms with E-state index in [2.05, 4.69) is 5.32 Å². The first-order valence-electron chi connectivity index (χ1n) is 10.4. The van der Waals surface area contributed by atoms with Crippen LogP contribution < -0.4 is 15.7 Å². The molecule has 0 fully saturated rings. The first-order chi connectivity index (χ1) is 15.2. The van der Waals surface area contributed by atoms with Gasteiger partial charge in [0.05, 0.1) is 0 Å². The smallest absolute Gasteiger partial charge is 0.408 e. The van der Waals surface area contributed by atoms with Crippen molar-refractivity contribution in [1.82, 2.24) is 5.32 Å². The molecule has 0 aliphatic carbocycles. The molecule has 1 atom stereocenters. The highest BCUT2D eigenvalue weighted by atomic mass is 16.6. The van der Waals surface area contributed by atoms with E-state index in [9.17, 15) is 14.4 Å². The van der Waals surface area contributed by atoms with E-state index in [4.69, 9.17) is 13.9 Å². The second-order valence-corrected chi connectivity index (χ2v) is 8.05. The van der Waals surface area contributed by atoms with Gasteiger partial charge in [-0.1, -0.05) is 44.2 Å². The van der Waals surface area contributed by atoms with Crippen LogP contribution in [-0.4, -0.2) is 18.1 Å². The summed E-state index contributed by atoms with van der Waals surface area (Å²) in [5.41, 5.74) is 2.68. The van der Waals surface area contributed by atoms with E-state index in [0.717, 1.165) is 16.5 Å². The Labute approximate surface area is 186 Å². The molecule has 0 spiro atoms. The van der Waals surface area contributed by atoms with Crippen molar-refractivity contribution >= 4 is 23.0 Å². The van der Waals surface area contributed by atoms with Crippen molar-refractivity contribution in [3.63, 3.8) is 0 Å². The first-order valence-corrected chi connectivity index (χ1v) is 10.4. The quantitative estimate of drug-likeness (QED) is 0.345. The number of hydrogen-bond acceptors (Lipinski definition) is 6. The standard InChI is InChI=1S/C25H27NO6/c1-14(2)21(26-25(29)30-13-18-9-7-6-8-10-18)24(28)31-20-12-11-19-15(3)16(4)23(27)32-22(19)17(20)5/h6-12,14,21H,13H2,1-5H3,(H,26,29). The summed E-state index contributed by atoms with van der Waals surface area (Å²) in [6.45, 7) is 8.95. The highest BCUT2D eigenvalue weighted by Gasteiger charge is 2.28. The van der Waals surface area contributed by atoms with Crippen LogP contribution in [0.4, 0.5) is 4.79 Å². The largest absolute Gasteiger partial charge is 0.445 e. The van der Waals surface area contributed by atoms with Crippen LogP contribution in [0.3, 0.4) is 0 Å². The van der Waals surface area contributed by atoms with Crippen LogP contribution in [0.25, 0.3) is 11.0 Å². The number of hydrogen-bond donors (Lipinski definition) is 1. The first kappa shape index (κ1) is 23.1. The van der Waals surface area contributed by atoms with Crippen LogP contribution in [0.15, 0.2) is 51.7 Å². The molecule has 1 N–H and O–H groups in total. The van der Waals surface area contributed by atoms with Crippen molar-refractivity contribution in [2.75, 3.05) is 0 Å². The number of amides is 1. The maximum atomic E-state index is 12.9. The summed E-state index contributed by atoms with van der Waals surface area (Å²) in [5, 5.41) is 3.36. The zero-order chi connectivity index (χ0) is 23.4. The van der Waals surface area contributed by atoms with Crippen molar-refractivity contribution in [3.05, 3.63) is 75.1 Å². The fraction of sp³-hybridized carbons (Fsp3) is 0.320. The Morgan fingerprint density at radius 2 is 1.66 bits per heavy atom. The topological polar surface area (TPSA) is 94.8 Å². The van der Waals surface area contributed by atoms with Gasteiger partial charge in [-0.05, 0) is 49.9 Å². The molecule has 1 amide bonds. The van der Waals surface area contributed by atoms with Gasteiger partial charge >= 0.3 is 17.7 Å². The van der Waals surface area contributed by atoms with E-state index in [-0.39, 0.29) is 18.3 Å². The van der Waals surface area contributed by atoms with Gasteiger partial charge in [-0.25, -0.2) is 14.4 Å². The minimum absolute atomic E-state index is 0.0914. The van der Waals surface area contributed by atoms with E-state index in [1.165, 1.54) is 0 Å². The third-order valence-electron chi connectivity index (χ3n) is 5.44. The van der Waals surface area contributed by atoms with Crippen LogP contribution in [0.1, 0.15) is 36.1 Å². The van der Waals surface area contributed by atoms with Gasteiger partial charge < -0.3 is 19.2 Å². The van der Waals surface area contributed by atoms with Crippen LogP contribution in [0, 0.1) is 26.7 Å². The number of ether oxygens (including phenoxy) is 2. The highest BCUT2D eigenvalue weighted by molar-refractivity contribution is 5.88. The fourth-order valence-electron chi connectivity index (χ4n) is 3.30. The normalized spacial score (nSPS) is 11.9. The molecule has 0 radical (unpaired) electrons. The van der Waals surface area contributed by atoms with E-state index in [0.29, 0.717) is 16.7 Å². The van der Waals surface area contributed by atoms with Crippen LogP contribution >= 0.6 is 0 Å². The lowest BCUT2D eigenvalue weighted by Gasteiger charge is -2.21. The number of benzene rings is 2. The van der Waals surface area contributed by atoms with Gasteiger partial charge in [-0.15, -0.1) is 0 Å². The molecule has 0 saturated heterocycles. The van der Waals surface area contributed by atoms with Crippen LogP contribution in [-0.2, 0) is 16.1 Å². The van der Waals surface area contributed by atoms with Crippen LogP contribution in [0.2, 0.25) is 0 Å². The Morgan fingerprint density at radius 1 is 0.969 bits per heavy atom. The molecule has 7 heteroatoms. The van der Waals surface area contributed by atoms with Crippen molar-refractivity contribution < 1.29 is 23.5 Å². The zero-order valence-corrected chi connectivity index (χ0v) is 18.9. The molecule has 1 heterocycles. The van der Waals surface area contributed by atoms with E-state index >= 15 is 0 Å². The molecule has 0 saturated carbocycles. The minimum Gasteiger partial charge on any atom is -0.445 e. The van der Waals surface area contributed by atoms with Gasteiger partial charge in [0.2, 0.25) is 0 Å². The van der Waals surface area contributed by atoms with E-state index in [1.54, 1.807) is 39.8 Å². The Morgan fingerprint density at radius 3 is 2.31 bits per heavy atom. The van der Waals surface area contributed by atoms with Crippen molar-refractivity contribution in [1.29, 1.82) is 0 Å². The Balaban J connectivity index is 1.75. The van der Waals surface area contributed by atoms with Crippen LogP contribution in [0.5, 0.6) is 5.75 Å². The molecule has 1 unspecified atom stereocenters. The lowest BCUT2D eigenvalue weighted by molar-refractivity contribution is -0.137. The second kappa shape index (κ2) is 9.68. The number of nitrogens with one attached hydrogen (secondary N) is 1. The molecule has 3 aromatic rings. The van der Waals surface area contributed by atoms with Gasteiger partial charge in [0.1, 0.15) is 24.0 Å². The minimum atomic E-state index is -0.917. The van der Waals surface area contributed by atoms with Gasteiger partial charge in [0, 0.05) is 16.5 Å². The number of esters is 1. The van der Waals surface area contributed by atoms with Gasteiger partial charge in [-0.2, -0.15) is 0 Å². The van der Waals surface area contributed by atoms with Crippen molar-refractivity contribution in [3.8, 4) is 5.75 Å². The molecule has 2 aromatic carbocycles. The SMILES string of the molecule is Cc1c(C)c2ccc(OC(=O)C(NC(=O)OCc3ccccc3)C(C)C)c(C)c2oc1=O. The van der Waals surface area contributed by atoms with Gasteiger partial charge in [-0.3, -0.25) is 0 Å². The fourth-order valence-corrected chi connectivity index (χ4v) is 3.30. The maximum Gasteiger partial charge on any atom is 0.408 e. The lowest BCUT2D eigenvalue weighted by Crippen LogP contribution is -2.46. The molecular weight excluding hydrogens is 410 g/mol. The van der Waals surface area contributed by atoms with Gasteiger partial charge in [0.25, 0.3) is 0 Å². The molecule has 1 aromatic heterocycles. The number of carbonyl (C=O) groups excluding carboxylic acids is 2. The molecule has 3 rings (SSSR count). The zero-order valence-electron chi connectivity index (χ0n) is 18.9. The number of alkyl carbamates (subject to hydrolysis) is 1. The molecule has 0 bridgehead atoms. The maximum absolute atomic E-state index is 12.9. The third kappa shape index (κ3) is 4.99. The number of fused-ring (bicyclic) bond motifs is 1. The number of rotatable bonds is 6. The summed E-state index contributed by atoms with van der Waals surface area (Å²) in [7, 11) is 0. The molecule has 0 aliphatic rings. The second-order valence-electron chi connectivity index (χ2n) is 8.05. The summed E-state index contributed by atoms with van der Waals surface area (Å²) in [6, 6.07) is 11.7. The molecular formula is C25H27NO6. The van der Waals surface area contributed by atoms with Crippen molar-refractivity contribution in [2.45, 2.75) is 47.3 Å². The molecule has 7 nitrogen and oxygen atoms in total. The lowest BCUT2D eigenvalue weighted by atomic mass is 10.0. The summed E-state index contributed by atoms with van der Waals surface area (Å²) in [6.07, 6.45) is -0.711.